The van der Waals surface area contributed by atoms with Crippen molar-refractivity contribution in [2.75, 3.05) is 18.0 Å². The maximum atomic E-state index is 10.6. The molecule has 3 aromatic rings. The number of aromatic nitrogens is 3. The van der Waals surface area contributed by atoms with Crippen LogP contribution in [-0.4, -0.2) is 50.8 Å². The lowest BCUT2D eigenvalue weighted by atomic mass is 9.82. The molecule has 1 aliphatic rings. The number of aliphatic hydroxyl groups is 1. The molecule has 2 aromatic heterocycles. The molecule has 0 amide bonds. The predicted molar refractivity (Wildman–Crippen MR) is 137 cm³/mol. The number of nitrogens with zero attached hydrogens (tertiary/aromatic N) is 4. The summed E-state index contributed by atoms with van der Waals surface area (Å²) in [6, 6.07) is 8.48. The van der Waals surface area contributed by atoms with Crippen LogP contribution in [0.5, 0.6) is 0 Å². The van der Waals surface area contributed by atoms with E-state index in [1.165, 1.54) is 12.0 Å². The van der Waals surface area contributed by atoms with Gasteiger partial charge in [0.1, 0.15) is 12.1 Å². The van der Waals surface area contributed by atoms with Gasteiger partial charge in [-0.1, -0.05) is 24.6 Å². The zero-order chi connectivity index (χ0) is 23.8. The normalized spacial score (nSPS) is 17.5. The number of anilines is 1. The molecule has 33 heavy (non-hydrogen) atoms. The Labute approximate surface area is 202 Å². The second-order valence-electron chi connectivity index (χ2n) is 10.2. The first-order valence-corrected chi connectivity index (χ1v) is 12.4. The minimum absolute atomic E-state index is 0.630. The third-order valence-corrected chi connectivity index (χ3v) is 7.65. The van der Waals surface area contributed by atoms with Crippen LogP contribution in [0, 0.1) is 12.8 Å². The van der Waals surface area contributed by atoms with Crippen LogP contribution in [-0.2, 0) is 4.65 Å². The van der Waals surface area contributed by atoms with Crippen molar-refractivity contribution in [3.63, 3.8) is 0 Å². The van der Waals surface area contributed by atoms with Crippen LogP contribution in [0.15, 0.2) is 41.7 Å². The topological polar surface area (TPSA) is 63.4 Å². The van der Waals surface area contributed by atoms with Crippen LogP contribution in [0.25, 0.3) is 11.0 Å². The second-order valence-corrected chi connectivity index (χ2v) is 11.3. The SMILES string of the molecule is Cc1ccc(Sn2cc([B]OC(C)(C)C(C)(C)O)c3c(N4CCCC(C)C4)ncnc32)cc1. The molecule has 3 heterocycles. The molecular formula is C25H34BN4O2S. The van der Waals surface area contributed by atoms with Gasteiger partial charge in [0.15, 0.2) is 5.65 Å². The molecule has 1 N–H and O–H groups in total. The largest absolute Gasteiger partial charge is 0.427 e. The number of benzene rings is 1. The molecule has 1 atom stereocenters. The molecule has 1 unspecified atom stereocenters. The van der Waals surface area contributed by atoms with Gasteiger partial charge in [-0.05, 0) is 82.9 Å². The Morgan fingerprint density at radius 1 is 1.15 bits per heavy atom. The van der Waals surface area contributed by atoms with E-state index in [1.54, 1.807) is 39.6 Å². The van der Waals surface area contributed by atoms with Crippen LogP contribution < -0.4 is 10.4 Å². The van der Waals surface area contributed by atoms with Gasteiger partial charge in [0.2, 0.25) is 0 Å². The second kappa shape index (κ2) is 9.32. The monoisotopic (exact) mass is 465 g/mol. The summed E-state index contributed by atoms with van der Waals surface area (Å²) >= 11 is 1.62. The smallest absolute Gasteiger partial charge is 0.333 e. The van der Waals surface area contributed by atoms with Gasteiger partial charge in [0.05, 0.1) is 16.6 Å². The number of rotatable bonds is 7. The fraction of sp³-hybridized carbons (Fsp3) is 0.520. The van der Waals surface area contributed by atoms with E-state index in [4.69, 9.17) is 9.64 Å². The molecule has 175 valence electrons. The highest BCUT2D eigenvalue weighted by molar-refractivity contribution is 7.98. The molecular weight excluding hydrogens is 431 g/mol. The highest BCUT2D eigenvalue weighted by Gasteiger charge is 2.36. The molecule has 6 nitrogen and oxygen atoms in total. The molecule has 0 spiro atoms. The van der Waals surface area contributed by atoms with Crippen molar-refractivity contribution in [1.29, 1.82) is 0 Å². The molecule has 0 bridgehead atoms. The molecule has 4 rings (SSSR count). The van der Waals surface area contributed by atoms with E-state index in [-0.39, 0.29) is 0 Å². The van der Waals surface area contributed by atoms with Crippen molar-refractivity contribution in [2.45, 2.75) is 70.5 Å². The van der Waals surface area contributed by atoms with Crippen LogP contribution in [0.1, 0.15) is 53.0 Å². The zero-order valence-electron chi connectivity index (χ0n) is 20.5. The first-order chi connectivity index (χ1) is 15.5. The van der Waals surface area contributed by atoms with Gasteiger partial charge in [-0.25, -0.2) is 9.97 Å². The summed E-state index contributed by atoms with van der Waals surface area (Å²) in [7, 11) is 1.76. The summed E-state index contributed by atoms with van der Waals surface area (Å²) in [6.45, 7) is 13.7. The lowest BCUT2D eigenvalue weighted by molar-refractivity contribution is -0.0893. The highest BCUT2D eigenvalue weighted by Crippen LogP contribution is 2.31. The maximum Gasteiger partial charge on any atom is 0.333 e. The quantitative estimate of drug-likeness (QED) is 0.524. The third-order valence-electron chi connectivity index (χ3n) is 6.70. The fourth-order valence-corrected chi connectivity index (χ4v) is 4.77. The first-order valence-electron chi connectivity index (χ1n) is 11.6. The van der Waals surface area contributed by atoms with Gasteiger partial charge in [-0.2, -0.15) is 0 Å². The highest BCUT2D eigenvalue weighted by atomic mass is 32.2. The summed E-state index contributed by atoms with van der Waals surface area (Å²) in [5.41, 5.74) is 1.24. The standard InChI is InChI=1S/C25H34BN4O2S/c1-17-9-11-19(12-10-17)33-30-15-20(26-32-25(5,6)24(3,4)31)21-22(27-16-28-23(21)30)29-13-7-8-18(2)14-29/h9-12,15-16,18,31H,7-8,13-14H2,1-6H3. The maximum absolute atomic E-state index is 10.6. The third kappa shape index (κ3) is 5.23. The van der Waals surface area contributed by atoms with Crippen molar-refractivity contribution in [1.82, 2.24) is 13.9 Å². The lowest BCUT2D eigenvalue weighted by Gasteiger charge is -2.37. The van der Waals surface area contributed by atoms with Gasteiger partial charge in [-0.3, -0.25) is 3.97 Å². The molecule has 1 saturated heterocycles. The molecule has 1 fully saturated rings. The molecule has 0 saturated carbocycles. The van der Waals surface area contributed by atoms with E-state index in [0.29, 0.717) is 5.92 Å². The summed E-state index contributed by atoms with van der Waals surface area (Å²) in [6.07, 6.45) is 6.12. The number of hydrogen-bond donors (Lipinski definition) is 1. The Morgan fingerprint density at radius 2 is 1.88 bits per heavy atom. The lowest BCUT2D eigenvalue weighted by Crippen LogP contribution is -2.49. The van der Waals surface area contributed by atoms with Gasteiger partial charge in [0.25, 0.3) is 0 Å². The number of hydrogen-bond acceptors (Lipinski definition) is 6. The summed E-state index contributed by atoms with van der Waals surface area (Å²) in [4.78, 5) is 12.9. The predicted octanol–water partition coefficient (Wildman–Crippen LogP) is 4.34. The Balaban J connectivity index is 1.75. The van der Waals surface area contributed by atoms with Crippen LogP contribution in [0.3, 0.4) is 0 Å². The van der Waals surface area contributed by atoms with Crippen LogP contribution >= 0.6 is 11.9 Å². The van der Waals surface area contributed by atoms with Crippen molar-refractivity contribution < 1.29 is 9.76 Å². The molecule has 8 heteroatoms. The van der Waals surface area contributed by atoms with Crippen LogP contribution in [0.4, 0.5) is 5.82 Å². The summed E-state index contributed by atoms with van der Waals surface area (Å²) in [5, 5.41) is 11.5. The Morgan fingerprint density at radius 3 is 2.55 bits per heavy atom. The van der Waals surface area contributed by atoms with E-state index < -0.39 is 11.2 Å². The molecule has 1 radical (unpaired) electrons. The zero-order valence-corrected chi connectivity index (χ0v) is 21.3. The fourth-order valence-electron chi connectivity index (χ4n) is 3.89. The molecule has 1 aliphatic heterocycles. The van der Waals surface area contributed by atoms with Crippen molar-refractivity contribution in [2.24, 2.45) is 5.92 Å². The van der Waals surface area contributed by atoms with E-state index in [9.17, 15) is 5.11 Å². The van der Waals surface area contributed by atoms with Crippen molar-refractivity contribution in [3.05, 3.63) is 42.4 Å². The summed E-state index contributed by atoms with van der Waals surface area (Å²) < 4.78 is 8.25. The van der Waals surface area contributed by atoms with Crippen molar-refractivity contribution in [3.8, 4) is 0 Å². The number of fused-ring (bicyclic) bond motifs is 1. The van der Waals surface area contributed by atoms with E-state index in [2.05, 4.69) is 58.2 Å². The average Bonchev–Trinajstić information content (AvgIpc) is 3.11. The van der Waals surface area contributed by atoms with E-state index in [1.807, 2.05) is 13.8 Å². The van der Waals surface area contributed by atoms with Gasteiger partial charge < -0.3 is 14.7 Å². The molecule has 1 aromatic carbocycles. The van der Waals surface area contributed by atoms with E-state index in [0.717, 1.165) is 46.7 Å². The Kier molecular flexibility index (Phi) is 6.81. The number of piperidine rings is 1. The average molecular weight is 465 g/mol. The Bertz CT molecular complexity index is 1110. The van der Waals surface area contributed by atoms with Crippen molar-refractivity contribution >= 4 is 41.7 Å². The summed E-state index contributed by atoms with van der Waals surface area (Å²) in [5.74, 6) is 1.58. The van der Waals surface area contributed by atoms with Gasteiger partial charge in [-0.15, -0.1) is 0 Å². The molecule has 0 aliphatic carbocycles. The Hall–Kier alpha value is -2.03. The van der Waals surface area contributed by atoms with Gasteiger partial charge in [0, 0.05) is 24.2 Å². The number of aryl methyl sites for hydroxylation is 1. The van der Waals surface area contributed by atoms with Gasteiger partial charge >= 0.3 is 7.48 Å². The minimum Gasteiger partial charge on any atom is -0.427 e. The van der Waals surface area contributed by atoms with Crippen LogP contribution in [0.2, 0.25) is 0 Å². The first kappa shape index (κ1) is 24.1. The minimum atomic E-state index is -1.000. The van der Waals surface area contributed by atoms with E-state index >= 15 is 0 Å².